The van der Waals surface area contributed by atoms with E-state index in [1.54, 1.807) is 0 Å². The zero-order valence-corrected chi connectivity index (χ0v) is 12.9. The van der Waals surface area contributed by atoms with Gasteiger partial charge < -0.3 is 10.1 Å². The highest BCUT2D eigenvalue weighted by Crippen LogP contribution is 2.48. The van der Waals surface area contributed by atoms with Gasteiger partial charge in [-0.1, -0.05) is 29.8 Å². The van der Waals surface area contributed by atoms with Crippen LogP contribution in [0.5, 0.6) is 0 Å². The zero-order valence-electron chi connectivity index (χ0n) is 12.9. The van der Waals surface area contributed by atoms with Gasteiger partial charge in [-0.05, 0) is 50.5 Å². The molecular weight excluding hydrogens is 262 g/mol. The molecule has 21 heavy (non-hydrogen) atoms. The van der Waals surface area contributed by atoms with Gasteiger partial charge in [0.25, 0.3) is 0 Å². The van der Waals surface area contributed by atoms with Gasteiger partial charge >= 0.3 is 0 Å². The molecule has 1 heterocycles. The van der Waals surface area contributed by atoms with Gasteiger partial charge in [0.15, 0.2) is 0 Å². The SMILES string of the molecule is Cc1ccc(C2(C(=O)NCCC[C@H]3CCOC3)CC2)cc1. The minimum atomic E-state index is -0.232. The maximum absolute atomic E-state index is 12.5. The van der Waals surface area contributed by atoms with Crippen molar-refractivity contribution < 1.29 is 9.53 Å². The number of nitrogens with one attached hydrogen (secondary N) is 1. The van der Waals surface area contributed by atoms with Crippen LogP contribution < -0.4 is 5.32 Å². The second-order valence-electron chi connectivity index (χ2n) is 6.58. The van der Waals surface area contributed by atoms with Crippen molar-refractivity contribution in [3.63, 3.8) is 0 Å². The lowest BCUT2D eigenvalue weighted by Gasteiger charge is -2.16. The number of rotatable bonds is 6. The Bertz CT molecular complexity index is 484. The summed E-state index contributed by atoms with van der Waals surface area (Å²) in [5, 5.41) is 3.14. The quantitative estimate of drug-likeness (QED) is 0.817. The van der Waals surface area contributed by atoms with Crippen LogP contribution >= 0.6 is 0 Å². The topological polar surface area (TPSA) is 38.3 Å². The Morgan fingerprint density at radius 3 is 2.71 bits per heavy atom. The summed E-state index contributed by atoms with van der Waals surface area (Å²) in [5.41, 5.74) is 2.19. The number of carbonyl (C=O) groups is 1. The maximum atomic E-state index is 12.5. The number of hydrogen-bond donors (Lipinski definition) is 1. The van der Waals surface area contributed by atoms with Crippen LogP contribution in [0.3, 0.4) is 0 Å². The smallest absolute Gasteiger partial charge is 0.230 e. The lowest BCUT2D eigenvalue weighted by molar-refractivity contribution is -0.123. The highest BCUT2D eigenvalue weighted by molar-refractivity contribution is 5.91. The molecule has 0 spiro atoms. The van der Waals surface area contributed by atoms with Crippen molar-refractivity contribution in [3.05, 3.63) is 35.4 Å². The summed E-state index contributed by atoms with van der Waals surface area (Å²) < 4.78 is 5.38. The molecule has 2 fully saturated rings. The fraction of sp³-hybridized carbons (Fsp3) is 0.611. The molecule has 3 nitrogen and oxygen atoms in total. The van der Waals surface area contributed by atoms with E-state index in [1.807, 2.05) is 0 Å². The van der Waals surface area contributed by atoms with Gasteiger partial charge in [0.05, 0.1) is 5.41 Å². The van der Waals surface area contributed by atoms with E-state index in [-0.39, 0.29) is 11.3 Å². The summed E-state index contributed by atoms with van der Waals surface area (Å²) >= 11 is 0. The molecule has 114 valence electrons. The standard InChI is InChI=1S/C18H25NO2/c1-14-4-6-16(7-5-14)18(9-10-18)17(20)19-11-2-3-15-8-12-21-13-15/h4-7,15H,2-3,8-13H2,1H3,(H,19,20)/t15-/m0/s1. The Hall–Kier alpha value is -1.35. The van der Waals surface area contributed by atoms with E-state index in [0.29, 0.717) is 5.92 Å². The summed E-state index contributed by atoms with van der Waals surface area (Å²) in [6.07, 6.45) is 5.37. The highest BCUT2D eigenvalue weighted by atomic mass is 16.5. The van der Waals surface area contributed by atoms with Crippen LogP contribution in [0.15, 0.2) is 24.3 Å². The lowest BCUT2D eigenvalue weighted by atomic mass is 9.94. The van der Waals surface area contributed by atoms with Crippen LogP contribution in [0.2, 0.25) is 0 Å². The molecule has 1 aliphatic heterocycles. The molecular formula is C18H25NO2. The molecule has 1 N–H and O–H groups in total. The molecule has 2 aliphatic rings. The second-order valence-corrected chi connectivity index (χ2v) is 6.58. The molecule has 0 bridgehead atoms. The van der Waals surface area contributed by atoms with Crippen molar-refractivity contribution in [3.8, 4) is 0 Å². The fourth-order valence-electron chi connectivity index (χ4n) is 3.22. The van der Waals surface area contributed by atoms with E-state index in [0.717, 1.165) is 45.4 Å². The van der Waals surface area contributed by atoms with E-state index in [2.05, 4.69) is 36.5 Å². The summed E-state index contributed by atoms with van der Waals surface area (Å²) in [5.74, 6) is 0.919. The van der Waals surface area contributed by atoms with E-state index < -0.39 is 0 Å². The van der Waals surface area contributed by atoms with E-state index in [1.165, 1.54) is 17.5 Å². The molecule has 1 aromatic rings. The van der Waals surface area contributed by atoms with Crippen molar-refractivity contribution >= 4 is 5.91 Å². The molecule has 1 saturated carbocycles. The van der Waals surface area contributed by atoms with E-state index >= 15 is 0 Å². The van der Waals surface area contributed by atoms with Crippen molar-refractivity contribution in [2.45, 2.75) is 44.4 Å². The predicted molar refractivity (Wildman–Crippen MR) is 83.3 cm³/mol. The third-order valence-corrected chi connectivity index (χ3v) is 4.89. The fourth-order valence-corrected chi connectivity index (χ4v) is 3.22. The van der Waals surface area contributed by atoms with E-state index in [9.17, 15) is 4.79 Å². The van der Waals surface area contributed by atoms with Crippen molar-refractivity contribution in [1.29, 1.82) is 0 Å². The van der Waals surface area contributed by atoms with Gasteiger partial charge in [-0.3, -0.25) is 4.79 Å². The Morgan fingerprint density at radius 2 is 2.10 bits per heavy atom. The van der Waals surface area contributed by atoms with Crippen LogP contribution in [-0.4, -0.2) is 25.7 Å². The number of amides is 1. The lowest BCUT2D eigenvalue weighted by Crippen LogP contribution is -2.35. The van der Waals surface area contributed by atoms with Gasteiger partial charge in [0.1, 0.15) is 0 Å². The molecule has 1 atom stereocenters. The summed E-state index contributed by atoms with van der Waals surface area (Å²) in [6, 6.07) is 8.42. The molecule has 1 aromatic carbocycles. The molecule has 1 aliphatic carbocycles. The molecule has 3 rings (SSSR count). The molecule has 1 amide bonds. The monoisotopic (exact) mass is 287 g/mol. The van der Waals surface area contributed by atoms with Crippen molar-refractivity contribution in [1.82, 2.24) is 5.32 Å². The van der Waals surface area contributed by atoms with Gasteiger partial charge in [-0.25, -0.2) is 0 Å². The zero-order chi connectivity index (χ0) is 14.7. The Kier molecular flexibility index (Phi) is 4.29. The minimum absolute atomic E-state index is 0.217. The summed E-state index contributed by atoms with van der Waals surface area (Å²) in [4.78, 5) is 12.5. The van der Waals surface area contributed by atoms with Crippen molar-refractivity contribution in [2.24, 2.45) is 5.92 Å². The number of hydrogen-bond acceptors (Lipinski definition) is 2. The summed E-state index contributed by atoms with van der Waals surface area (Å²) in [6.45, 7) is 4.69. The van der Waals surface area contributed by atoms with Crippen LogP contribution in [0.1, 0.15) is 43.2 Å². The third kappa shape index (κ3) is 3.29. The predicted octanol–water partition coefficient (Wildman–Crippen LogP) is 2.96. The minimum Gasteiger partial charge on any atom is -0.381 e. The first-order chi connectivity index (χ1) is 10.2. The second kappa shape index (κ2) is 6.18. The van der Waals surface area contributed by atoms with Crippen LogP contribution in [-0.2, 0) is 14.9 Å². The number of benzene rings is 1. The maximum Gasteiger partial charge on any atom is 0.230 e. The Labute approximate surface area is 127 Å². The highest BCUT2D eigenvalue weighted by Gasteiger charge is 2.50. The first-order valence-corrected chi connectivity index (χ1v) is 8.14. The van der Waals surface area contributed by atoms with Crippen LogP contribution in [0, 0.1) is 12.8 Å². The molecule has 0 unspecified atom stereocenters. The summed E-state index contributed by atoms with van der Waals surface area (Å²) in [7, 11) is 0. The first-order valence-electron chi connectivity index (χ1n) is 8.14. The number of ether oxygens (including phenoxy) is 1. The Balaban J connectivity index is 1.47. The molecule has 1 saturated heterocycles. The van der Waals surface area contributed by atoms with Crippen LogP contribution in [0.25, 0.3) is 0 Å². The van der Waals surface area contributed by atoms with Crippen molar-refractivity contribution in [2.75, 3.05) is 19.8 Å². The number of carbonyl (C=O) groups excluding carboxylic acids is 1. The van der Waals surface area contributed by atoms with Gasteiger partial charge in [0.2, 0.25) is 5.91 Å². The van der Waals surface area contributed by atoms with Gasteiger partial charge in [0, 0.05) is 19.8 Å². The van der Waals surface area contributed by atoms with Gasteiger partial charge in [-0.2, -0.15) is 0 Å². The van der Waals surface area contributed by atoms with E-state index in [4.69, 9.17) is 4.74 Å². The average molecular weight is 287 g/mol. The van der Waals surface area contributed by atoms with Gasteiger partial charge in [-0.15, -0.1) is 0 Å². The molecule has 3 heteroatoms. The normalized spacial score (nSPS) is 23.0. The third-order valence-electron chi connectivity index (χ3n) is 4.89. The molecule has 0 radical (unpaired) electrons. The number of aryl methyl sites for hydroxylation is 1. The average Bonchev–Trinajstić information content (AvgIpc) is 3.14. The van der Waals surface area contributed by atoms with Crippen LogP contribution in [0.4, 0.5) is 0 Å². The first kappa shape index (κ1) is 14.6. The molecule has 0 aromatic heterocycles. The largest absolute Gasteiger partial charge is 0.381 e. The Morgan fingerprint density at radius 1 is 1.33 bits per heavy atom.